The van der Waals surface area contributed by atoms with Crippen molar-refractivity contribution in [2.75, 3.05) is 46.8 Å². The summed E-state index contributed by atoms with van der Waals surface area (Å²) in [5.41, 5.74) is 0. The molecule has 15 heavy (non-hydrogen) atoms. The van der Waals surface area contributed by atoms with Crippen molar-refractivity contribution < 1.29 is 0 Å². The molecule has 1 atom stereocenters. The van der Waals surface area contributed by atoms with Crippen molar-refractivity contribution in [3.8, 4) is 0 Å². The number of likely N-dealkylation sites (N-methyl/N-ethyl adjacent to an activating group) is 1. The van der Waals surface area contributed by atoms with Gasteiger partial charge in [-0.1, -0.05) is 0 Å². The molecule has 1 aliphatic rings. The molecule has 1 heterocycles. The Morgan fingerprint density at radius 1 is 1.20 bits per heavy atom. The predicted octanol–water partition coefficient (Wildman–Crippen LogP) is 1.01. The lowest BCUT2D eigenvalue weighted by Gasteiger charge is -2.27. The first-order valence-electron chi connectivity index (χ1n) is 6.31. The minimum atomic E-state index is 0.754. The first kappa shape index (κ1) is 12.9. The van der Waals surface area contributed by atoms with Crippen LogP contribution in [0.5, 0.6) is 0 Å². The summed E-state index contributed by atoms with van der Waals surface area (Å²) in [6, 6.07) is 0.754. The predicted molar refractivity (Wildman–Crippen MR) is 66.3 cm³/mol. The molecule has 0 saturated carbocycles. The van der Waals surface area contributed by atoms with Crippen molar-refractivity contribution in [3.05, 3.63) is 0 Å². The van der Waals surface area contributed by atoms with E-state index in [9.17, 15) is 0 Å². The lowest BCUT2D eigenvalue weighted by atomic mass is 10.1. The normalized spacial score (nSPS) is 22.6. The van der Waals surface area contributed by atoms with E-state index in [2.05, 4.69) is 29.1 Å². The Kier molecular flexibility index (Phi) is 6.22. The van der Waals surface area contributed by atoms with Crippen LogP contribution in [0, 0.1) is 0 Å². The molecule has 1 N–H and O–H groups in total. The molecule has 3 heteroatoms. The van der Waals surface area contributed by atoms with Gasteiger partial charge in [-0.15, -0.1) is 0 Å². The van der Waals surface area contributed by atoms with Gasteiger partial charge in [0.2, 0.25) is 0 Å². The first-order valence-corrected chi connectivity index (χ1v) is 6.31. The maximum atomic E-state index is 3.22. The van der Waals surface area contributed by atoms with Gasteiger partial charge in [0.1, 0.15) is 0 Å². The van der Waals surface area contributed by atoms with E-state index in [1.54, 1.807) is 0 Å². The average Bonchev–Trinajstić information content (AvgIpc) is 2.43. The molecule has 90 valence electrons. The van der Waals surface area contributed by atoms with Crippen molar-refractivity contribution >= 4 is 0 Å². The fourth-order valence-corrected chi connectivity index (χ4v) is 2.26. The molecule has 0 aromatic heterocycles. The quantitative estimate of drug-likeness (QED) is 0.688. The molecule has 3 nitrogen and oxygen atoms in total. The van der Waals surface area contributed by atoms with Crippen LogP contribution in [0.15, 0.2) is 0 Å². The summed E-state index contributed by atoms with van der Waals surface area (Å²) in [6.07, 6.45) is 3.95. The molecule has 1 fully saturated rings. The molecule has 0 aromatic carbocycles. The summed E-state index contributed by atoms with van der Waals surface area (Å²) in [5, 5.41) is 3.22. The molecule has 0 amide bonds. The van der Waals surface area contributed by atoms with E-state index in [4.69, 9.17) is 0 Å². The highest BCUT2D eigenvalue weighted by Crippen LogP contribution is 2.09. The zero-order chi connectivity index (χ0) is 11.1. The third-order valence-electron chi connectivity index (χ3n) is 3.43. The molecular formula is C12H27N3. The maximum Gasteiger partial charge on any atom is 0.0112 e. The Morgan fingerprint density at radius 2 is 2.00 bits per heavy atom. The van der Waals surface area contributed by atoms with Crippen LogP contribution in [0.2, 0.25) is 0 Å². The Bertz CT molecular complexity index is 161. The second-order valence-corrected chi connectivity index (χ2v) is 4.79. The van der Waals surface area contributed by atoms with Gasteiger partial charge in [0.15, 0.2) is 0 Å². The van der Waals surface area contributed by atoms with Gasteiger partial charge < -0.3 is 10.2 Å². The van der Waals surface area contributed by atoms with Gasteiger partial charge >= 0.3 is 0 Å². The minimum absolute atomic E-state index is 0.754. The van der Waals surface area contributed by atoms with Crippen LogP contribution in [0.25, 0.3) is 0 Å². The van der Waals surface area contributed by atoms with Crippen molar-refractivity contribution in [3.63, 3.8) is 0 Å². The van der Waals surface area contributed by atoms with E-state index >= 15 is 0 Å². The van der Waals surface area contributed by atoms with E-state index in [1.165, 1.54) is 45.4 Å². The fourth-order valence-electron chi connectivity index (χ4n) is 2.26. The first-order chi connectivity index (χ1) is 7.24. The maximum absolute atomic E-state index is 3.22. The van der Waals surface area contributed by atoms with Gasteiger partial charge in [-0.2, -0.15) is 0 Å². The minimum Gasteiger partial charge on any atom is -0.320 e. The molecule has 0 aliphatic carbocycles. The highest BCUT2D eigenvalue weighted by molar-refractivity contribution is 4.72. The average molecular weight is 213 g/mol. The van der Waals surface area contributed by atoms with Crippen LogP contribution >= 0.6 is 0 Å². The molecule has 1 unspecified atom stereocenters. The topological polar surface area (TPSA) is 18.5 Å². The van der Waals surface area contributed by atoms with Crippen molar-refractivity contribution in [2.24, 2.45) is 0 Å². The van der Waals surface area contributed by atoms with Crippen LogP contribution in [0.1, 0.15) is 26.2 Å². The zero-order valence-electron chi connectivity index (χ0n) is 10.6. The summed E-state index contributed by atoms with van der Waals surface area (Å²) in [6.45, 7) is 8.55. The van der Waals surface area contributed by atoms with Gasteiger partial charge in [0, 0.05) is 19.1 Å². The third kappa shape index (κ3) is 4.96. The summed E-state index contributed by atoms with van der Waals surface area (Å²) in [4.78, 5) is 5.10. The standard InChI is InChI=1S/C12H27N3/c1-12(6-4-7-13-2)15-9-5-8-14(3)10-11-15/h12-13H,4-11H2,1-3H3. The lowest BCUT2D eigenvalue weighted by Crippen LogP contribution is -2.36. The van der Waals surface area contributed by atoms with Gasteiger partial charge in [-0.25, -0.2) is 0 Å². The van der Waals surface area contributed by atoms with Gasteiger partial charge in [0.05, 0.1) is 0 Å². The molecule has 0 aromatic rings. The van der Waals surface area contributed by atoms with E-state index in [1.807, 2.05) is 7.05 Å². The second-order valence-electron chi connectivity index (χ2n) is 4.79. The Morgan fingerprint density at radius 3 is 2.73 bits per heavy atom. The number of hydrogen-bond donors (Lipinski definition) is 1. The van der Waals surface area contributed by atoms with Gasteiger partial charge in [0.25, 0.3) is 0 Å². The summed E-state index contributed by atoms with van der Waals surface area (Å²) >= 11 is 0. The highest BCUT2D eigenvalue weighted by atomic mass is 15.2. The van der Waals surface area contributed by atoms with E-state index < -0.39 is 0 Å². The number of nitrogens with zero attached hydrogens (tertiary/aromatic N) is 2. The van der Waals surface area contributed by atoms with E-state index in [0.29, 0.717) is 0 Å². The van der Waals surface area contributed by atoms with Crippen molar-refractivity contribution in [2.45, 2.75) is 32.2 Å². The largest absolute Gasteiger partial charge is 0.320 e. The molecule has 0 radical (unpaired) electrons. The van der Waals surface area contributed by atoms with Crippen LogP contribution in [-0.2, 0) is 0 Å². The van der Waals surface area contributed by atoms with Gasteiger partial charge in [-0.3, -0.25) is 4.90 Å². The van der Waals surface area contributed by atoms with Crippen LogP contribution < -0.4 is 5.32 Å². The Balaban J connectivity index is 2.22. The van der Waals surface area contributed by atoms with E-state index in [-0.39, 0.29) is 0 Å². The van der Waals surface area contributed by atoms with Crippen LogP contribution in [0.3, 0.4) is 0 Å². The molecule has 0 spiro atoms. The van der Waals surface area contributed by atoms with Gasteiger partial charge in [-0.05, 0) is 59.9 Å². The molecular weight excluding hydrogens is 186 g/mol. The van der Waals surface area contributed by atoms with Crippen molar-refractivity contribution in [1.82, 2.24) is 15.1 Å². The SMILES string of the molecule is CNCCCC(C)N1CCCN(C)CC1. The summed E-state index contributed by atoms with van der Waals surface area (Å²) < 4.78 is 0. The zero-order valence-corrected chi connectivity index (χ0v) is 10.6. The van der Waals surface area contributed by atoms with Crippen molar-refractivity contribution in [1.29, 1.82) is 0 Å². The second kappa shape index (κ2) is 7.20. The third-order valence-corrected chi connectivity index (χ3v) is 3.43. The molecule has 1 saturated heterocycles. The number of nitrogens with one attached hydrogen (secondary N) is 1. The smallest absolute Gasteiger partial charge is 0.0112 e. The van der Waals surface area contributed by atoms with E-state index in [0.717, 1.165) is 12.6 Å². The summed E-state index contributed by atoms with van der Waals surface area (Å²) in [5.74, 6) is 0. The highest BCUT2D eigenvalue weighted by Gasteiger charge is 2.16. The number of rotatable bonds is 5. The monoisotopic (exact) mass is 213 g/mol. The Labute approximate surface area is 94.8 Å². The Hall–Kier alpha value is -0.120. The van der Waals surface area contributed by atoms with Crippen LogP contribution in [0.4, 0.5) is 0 Å². The molecule has 1 aliphatic heterocycles. The molecule has 0 bridgehead atoms. The summed E-state index contributed by atoms with van der Waals surface area (Å²) in [7, 11) is 4.26. The molecule has 1 rings (SSSR count). The fraction of sp³-hybridized carbons (Fsp3) is 1.00. The lowest BCUT2D eigenvalue weighted by molar-refractivity contribution is 0.203. The number of hydrogen-bond acceptors (Lipinski definition) is 3. The van der Waals surface area contributed by atoms with Crippen LogP contribution in [-0.4, -0.2) is 62.7 Å².